The maximum atomic E-state index is 14.2. The predicted molar refractivity (Wildman–Crippen MR) is 137 cm³/mol. The number of halogens is 5. The third-order valence-electron chi connectivity index (χ3n) is 6.15. The van der Waals surface area contributed by atoms with Crippen molar-refractivity contribution < 1.29 is 17.9 Å². The summed E-state index contributed by atoms with van der Waals surface area (Å²) < 4.78 is 49.7. The number of hydrogen-bond donors (Lipinski definition) is 1. The van der Waals surface area contributed by atoms with Gasteiger partial charge in [0.05, 0.1) is 12.1 Å². The van der Waals surface area contributed by atoms with E-state index in [2.05, 4.69) is 15.2 Å². The van der Waals surface area contributed by atoms with Crippen molar-refractivity contribution in [2.45, 2.75) is 38.0 Å². The summed E-state index contributed by atoms with van der Waals surface area (Å²) in [4.78, 5) is 6.08. The fourth-order valence-corrected chi connectivity index (χ4v) is 4.57. The molecule has 0 amide bonds. The van der Waals surface area contributed by atoms with Gasteiger partial charge in [0.25, 0.3) is 0 Å². The minimum atomic E-state index is -4.46. The molecule has 36 heavy (non-hydrogen) atoms. The first-order valence-corrected chi connectivity index (χ1v) is 11.1. The Hall–Kier alpha value is -2.66. The van der Waals surface area contributed by atoms with E-state index in [0.717, 1.165) is 5.39 Å². The summed E-state index contributed by atoms with van der Waals surface area (Å²) in [6.45, 7) is 4.66. The van der Waals surface area contributed by atoms with E-state index in [1.807, 2.05) is 31.2 Å². The molecule has 1 unspecified atom stereocenters. The summed E-state index contributed by atoms with van der Waals surface area (Å²) in [5, 5.41) is 9.27. The number of nitrogens with two attached hydrogens (primary N) is 1. The molecule has 0 aliphatic carbocycles. The average Bonchev–Trinajstić information content (AvgIpc) is 3.35. The van der Waals surface area contributed by atoms with Crippen LogP contribution in [0.15, 0.2) is 48.7 Å². The highest BCUT2D eigenvalue weighted by Gasteiger charge is 2.48. The van der Waals surface area contributed by atoms with E-state index in [1.54, 1.807) is 23.5 Å². The molecule has 1 aromatic carbocycles. The second-order valence-corrected chi connectivity index (χ2v) is 9.02. The molecule has 4 aromatic rings. The van der Waals surface area contributed by atoms with Crippen molar-refractivity contribution in [3.63, 3.8) is 0 Å². The van der Waals surface area contributed by atoms with Crippen molar-refractivity contribution in [3.8, 4) is 17.3 Å². The summed E-state index contributed by atoms with van der Waals surface area (Å²) >= 11 is 0. The number of benzene rings is 1. The lowest BCUT2D eigenvalue weighted by Gasteiger charge is -2.31. The fourth-order valence-electron chi connectivity index (χ4n) is 4.57. The van der Waals surface area contributed by atoms with Crippen LogP contribution in [0.5, 0.6) is 5.75 Å². The number of nitrogens with zero attached hydrogens (tertiary/aromatic N) is 5. The minimum Gasteiger partial charge on any atom is -0.494 e. The first kappa shape index (κ1) is 27.9. The summed E-state index contributed by atoms with van der Waals surface area (Å²) in [6.07, 6.45) is -2.50. The maximum absolute atomic E-state index is 14.2. The molecule has 7 nitrogen and oxygen atoms in total. The standard InChI is InChI=1S/C24H25F3N6O.2ClH/c1-3-34-17-7-4-15-5-8-18(29-19(15)12-17)22-31-30-20-9-6-16(13-33(20)22)21(24(25,26)27)32-11-10-23(2,28)14-32;;/h4-9,12-13,21H,3,10-11,14,28H2,1-2H3;2*1H/t21-,23?;;/m0../s1. The number of alkyl halides is 3. The number of rotatable bonds is 5. The molecule has 2 N–H and O–H groups in total. The molecule has 0 radical (unpaired) electrons. The van der Waals surface area contributed by atoms with Crippen LogP contribution in [0, 0.1) is 0 Å². The van der Waals surface area contributed by atoms with Gasteiger partial charge in [-0.15, -0.1) is 35.0 Å². The lowest BCUT2D eigenvalue weighted by Crippen LogP contribution is -2.43. The third kappa shape index (κ3) is 5.36. The van der Waals surface area contributed by atoms with E-state index >= 15 is 0 Å². The first-order chi connectivity index (χ1) is 16.1. The van der Waals surface area contributed by atoms with Gasteiger partial charge in [-0.3, -0.25) is 9.30 Å². The van der Waals surface area contributed by atoms with E-state index in [9.17, 15) is 13.2 Å². The Balaban J connectivity index is 0.00000180. The maximum Gasteiger partial charge on any atom is 0.408 e. The molecule has 0 bridgehead atoms. The molecule has 3 aromatic heterocycles. The monoisotopic (exact) mass is 542 g/mol. The Morgan fingerprint density at radius 2 is 1.86 bits per heavy atom. The molecule has 0 spiro atoms. The van der Waals surface area contributed by atoms with Crippen LogP contribution in [0.2, 0.25) is 0 Å². The van der Waals surface area contributed by atoms with Crippen LogP contribution < -0.4 is 10.5 Å². The number of hydrogen-bond acceptors (Lipinski definition) is 6. The highest BCUT2D eigenvalue weighted by Crippen LogP contribution is 2.41. The molecule has 2 atom stereocenters. The molecular formula is C24H27Cl2F3N6O. The number of pyridine rings is 2. The van der Waals surface area contributed by atoms with E-state index in [-0.39, 0.29) is 43.5 Å². The van der Waals surface area contributed by atoms with Gasteiger partial charge in [0.15, 0.2) is 11.5 Å². The summed E-state index contributed by atoms with van der Waals surface area (Å²) in [5.74, 6) is 1.06. The largest absolute Gasteiger partial charge is 0.494 e. The Morgan fingerprint density at radius 3 is 2.53 bits per heavy atom. The van der Waals surface area contributed by atoms with Crippen molar-refractivity contribution in [2.24, 2.45) is 5.73 Å². The Bertz CT molecular complexity index is 1360. The van der Waals surface area contributed by atoms with Gasteiger partial charge < -0.3 is 10.5 Å². The second kappa shape index (κ2) is 10.4. The molecular weight excluding hydrogens is 516 g/mol. The molecule has 0 saturated carbocycles. The molecule has 1 fully saturated rings. The summed E-state index contributed by atoms with van der Waals surface area (Å²) in [7, 11) is 0. The lowest BCUT2D eigenvalue weighted by atomic mass is 10.0. The summed E-state index contributed by atoms with van der Waals surface area (Å²) in [6, 6.07) is 10.5. The highest BCUT2D eigenvalue weighted by atomic mass is 35.5. The molecule has 12 heteroatoms. The van der Waals surface area contributed by atoms with Crippen molar-refractivity contribution >= 4 is 41.4 Å². The van der Waals surface area contributed by atoms with Gasteiger partial charge in [-0.1, -0.05) is 12.1 Å². The molecule has 5 rings (SSSR count). The smallest absolute Gasteiger partial charge is 0.408 e. The Kier molecular flexibility index (Phi) is 8.04. The van der Waals surface area contributed by atoms with Gasteiger partial charge in [-0.25, -0.2) is 4.98 Å². The number of fused-ring (bicyclic) bond motifs is 2. The van der Waals surface area contributed by atoms with Crippen LogP contribution in [0.1, 0.15) is 31.9 Å². The zero-order valence-corrected chi connectivity index (χ0v) is 21.3. The van der Waals surface area contributed by atoms with Gasteiger partial charge in [-0.2, -0.15) is 13.2 Å². The van der Waals surface area contributed by atoms with Crippen molar-refractivity contribution in [2.75, 3.05) is 19.7 Å². The lowest BCUT2D eigenvalue weighted by molar-refractivity contribution is -0.184. The number of aromatic nitrogens is 4. The number of ether oxygens (including phenoxy) is 1. The van der Waals surface area contributed by atoms with Crippen LogP contribution in [-0.4, -0.2) is 55.9 Å². The molecule has 194 valence electrons. The van der Waals surface area contributed by atoms with Crippen LogP contribution in [0.3, 0.4) is 0 Å². The first-order valence-electron chi connectivity index (χ1n) is 11.1. The highest BCUT2D eigenvalue weighted by molar-refractivity contribution is 5.85. The van der Waals surface area contributed by atoms with Crippen molar-refractivity contribution in [1.82, 2.24) is 24.5 Å². The van der Waals surface area contributed by atoms with Crippen molar-refractivity contribution in [1.29, 1.82) is 0 Å². The van der Waals surface area contributed by atoms with Gasteiger partial charge in [-0.05, 0) is 50.1 Å². The molecule has 4 heterocycles. The topological polar surface area (TPSA) is 81.6 Å². The normalized spacial score (nSPS) is 19.2. The van der Waals surface area contributed by atoms with Crippen molar-refractivity contribution in [3.05, 3.63) is 54.2 Å². The van der Waals surface area contributed by atoms with Crippen LogP contribution >= 0.6 is 24.8 Å². The quantitative estimate of drug-likeness (QED) is 0.372. The summed E-state index contributed by atoms with van der Waals surface area (Å²) in [5.41, 5.74) is 7.23. The average molecular weight is 543 g/mol. The van der Waals surface area contributed by atoms with E-state index in [1.165, 1.54) is 17.2 Å². The molecule has 1 aliphatic rings. The molecule has 1 saturated heterocycles. The van der Waals surface area contributed by atoms with Crippen LogP contribution in [0.25, 0.3) is 28.1 Å². The van der Waals surface area contributed by atoms with E-state index in [0.29, 0.717) is 41.5 Å². The Morgan fingerprint density at radius 1 is 1.11 bits per heavy atom. The van der Waals surface area contributed by atoms with Gasteiger partial charge in [0.1, 0.15) is 17.5 Å². The van der Waals surface area contributed by atoms with Gasteiger partial charge >= 0.3 is 6.18 Å². The number of likely N-dealkylation sites (tertiary alicyclic amines) is 1. The fraction of sp³-hybridized carbons (Fsp3) is 0.375. The van der Waals surface area contributed by atoms with E-state index < -0.39 is 17.8 Å². The van der Waals surface area contributed by atoms with Gasteiger partial charge in [0, 0.05) is 36.3 Å². The third-order valence-corrected chi connectivity index (χ3v) is 6.15. The van der Waals surface area contributed by atoms with Gasteiger partial charge in [0.2, 0.25) is 0 Å². The minimum absolute atomic E-state index is 0. The molecule has 1 aliphatic heterocycles. The zero-order valence-electron chi connectivity index (χ0n) is 19.7. The van der Waals surface area contributed by atoms with Crippen LogP contribution in [0.4, 0.5) is 13.2 Å². The Labute approximate surface area is 218 Å². The zero-order chi connectivity index (χ0) is 24.1. The van der Waals surface area contributed by atoms with E-state index in [4.69, 9.17) is 10.5 Å². The second-order valence-electron chi connectivity index (χ2n) is 9.02. The predicted octanol–water partition coefficient (Wildman–Crippen LogP) is 5.21. The van der Waals surface area contributed by atoms with Crippen LogP contribution in [-0.2, 0) is 0 Å². The SMILES string of the molecule is CCOc1ccc2ccc(-c3nnc4ccc([C@H](N5CCC(C)(N)C5)C(F)(F)F)cn34)nc2c1.Cl.Cl.